The molecule has 0 aromatic carbocycles. The number of piperidine rings is 1. The maximum Gasteiger partial charge on any atom is 0.0599 e. The second-order valence-corrected chi connectivity index (χ2v) is 2.55. The first-order valence-corrected chi connectivity index (χ1v) is 3.39. The van der Waals surface area contributed by atoms with Crippen molar-refractivity contribution in [3.05, 3.63) is 6.54 Å². The second kappa shape index (κ2) is 3.18. The van der Waals surface area contributed by atoms with E-state index in [9.17, 15) is 0 Å². The molecule has 2 nitrogen and oxygen atoms in total. The highest BCUT2D eigenvalue weighted by Gasteiger charge is 2.15. The van der Waals surface area contributed by atoms with Crippen LogP contribution >= 0.6 is 0 Å². The first-order valence-electron chi connectivity index (χ1n) is 3.39. The van der Waals surface area contributed by atoms with Crippen LogP contribution < -0.4 is 0 Å². The van der Waals surface area contributed by atoms with Gasteiger partial charge in [0.05, 0.1) is 6.10 Å². The molecular formula is C7H14NO. The van der Waals surface area contributed by atoms with Gasteiger partial charge in [-0.25, -0.2) is 0 Å². The van der Waals surface area contributed by atoms with Gasteiger partial charge < -0.3 is 9.64 Å². The summed E-state index contributed by atoms with van der Waals surface area (Å²) < 4.78 is 5.18. The minimum Gasteiger partial charge on any atom is -0.381 e. The average Bonchev–Trinajstić information content (AvgIpc) is 1.90. The summed E-state index contributed by atoms with van der Waals surface area (Å²) >= 11 is 0. The second-order valence-electron chi connectivity index (χ2n) is 2.55. The minimum atomic E-state index is 0.473. The van der Waals surface area contributed by atoms with Crippen LogP contribution in [0.5, 0.6) is 0 Å². The van der Waals surface area contributed by atoms with Crippen LogP contribution in [0.25, 0.3) is 0 Å². The molecule has 1 aliphatic rings. The molecule has 0 aliphatic carbocycles. The highest BCUT2D eigenvalue weighted by atomic mass is 16.5. The quantitative estimate of drug-likeness (QED) is 0.520. The fourth-order valence-electron chi connectivity index (χ4n) is 1.07. The van der Waals surface area contributed by atoms with Gasteiger partial charge in [-0.1, -0.05) is 0 Å². The van der Waals surface area contributed by atoms with Crippen LogP contribution in [-0.2, 0) is 4.74 Å². The third kappa shape index (κ3) is 1.95. The molecule has 1 aliphatic heterocycles. The van der Waals surface area contributed by atoms with Gasteiger partial charge in [0.25, 0.3) is 0 Å². The summed E-state index contributed by atoms with van der Waals surface area (Å²) in [5, 5.41) is 0. The maximum absolute atomic E-state index is 5.18. The van der Waals surface area contributed by atoms with Crippen LogP contribution in [0.3, 0.4) is 0 Å². The summed E-state index contributed by atoms with van der Waals surface area (Å²) in [7, 11) is 3.88. The SMILES string of the molecule is COC1C[CH]N(C)CC1. The number of ether oxygens (including phenoxy) is 1. The lowest BCUT2D eigenvalue weighted by Gasteiger charge is -2.27. The van der Waals surface area contributed by atoms with E-state index >= 15 is 0 Å². The minimum absolute atomic E-state index is 0.473. The van der Waals surface area contributed by atoms with Crippen molar-refractivity contribution in [2.75, 3.05) is 20.7 Å². The number of hydrogen-bond acceptors (Lipinski definition) is 2. The van der Waals surface area contributed by atoms with Crippen molar-refractivity contribution in [3.8, 4) is 0 Å². The number of hydrogen-bond donors (Lipinski definition) is 0. The molecule has 53 valence electrons. The smallest absolute Gasteiger partial charge is 0.0599 e. The molecule has 1 rings (SSSR count). The van der Waals surface area contributed by atoms with E-state index in [-0.39, 0.29) is 0 Å². The molecule has 1 radical (unpaired) electrons. The molecule has 1 atom stereocenters. The highest BCUT2D eigenvalue weighted by Crippen LogP contribution is 2.13. The van der Waals surface area contributed by atoms with Crippen molar-refractivity contribution < 1.29 is 4.74 Å². The van der Waals surface area contributed by atoms with Crippen LogP contribution in [0.15, 0.2) is 0 Å². The Bertz CT molecular complexity index is 77.0. The monoisotopic (exact) mass is 128 g/mol. The van der Waals surface area contributed by atoms with Crippen LogP contribution in [0.2, 0.25) is 0 Å². The predicted molar refractivity (Wildman–Crippen MR) is 37.0 cm³/mol. The van der Waals surface area contributed by atoms with Gasteiger partial charge in [-0.3, -0.25) is 0 Å². The van der Waals surface area contributed by atoms with E-state index in [1.165, 1.54) is 6.42 Å². The summed E-state index contributed by atoms with van der Waals surface area (Å²) in [4.78, 5) is 2.22. The Balaban J connectivity index is 2.18. The Hall–Kier alpha value is -0.0800. The van der Waals surface area contributed by atoms with Gasteiger partial charge >= 0.3 is 0 Å². The van der Waals surface area contributed by atoms with Crippen molar-refractivity contribution in [1.29, 1.82) is 0 Å². The standard InChI is InChI=1S/C7H14NO/c1-8-5-3-7(9-2)4-6-8/h5,7H,3-4,6H2,1-2H3. The topological polar surface area (TPSA) is 12.5 Å². The fraction of sp³-hybridized carbons (Fsp3) is 0.857. The molecule has 0 amide bonds. The number of nitrogens with zero attached hydrogens (tertiary/aromatic N) is 1. The zero-order valence-corrected chi connectivity index (χ0v) is 6.13. The van der Waals surface area contributed by atoms with E-state index in [4.69, 9.17) is 4.74 Å². The number of likely N-dealkylation sites (tertiary alicyclic amines) is 1. The first kappa shape index (κ1) is 7.03. The Labute approximate surface area is 56.8 Å². The maximum atomic E-state index is 5.18. The zero-order chi connectivity index (χ0) is 6.69. The lowest BCUT2D eigenvalue weighted by atomic mass is 10.1. The van der Waals surface area contributed by atoms with Crippen LogP contribution in [-0.4, -0.2) is 31.7 Å². The molecule has 9 heavy (non-hydrogen) atoms. The molecule has 1 fully saturated rings. The molecule has 0 N–H and O–H groups in total. The van der Waals surface area contributed by atoms with E-state index in [2.05, 4.69) is 18.5 Å². The lowest BCUT2D eigenvalue weighted by Crippen LogP contribution is -2.29. The number of methoxy groups -OCH3 is 1. The average molecular weight is 128 g/mol. The van der Waals surface area contributed by atoms with Crippen LogP contribution in [0.1, 0.15) is 12.8 Å². The summed E-state index contributed by atoms with van der Waals surface area (Å²) in [6.07, 6.45) is 2.72. The van der Waals surface area contributed by atoms with Crippen molar-refractivity contribution in [3.63, 3.8) is 0 Å². The summed E-state index contributed by atoms with van der Waals surface area (Å²) in [5.74, 6) is 0. The van der Waals surface area contributed by atoms with Gasteiger partial charge in [0.15, 0.2) is 0 Å². The molecule has 1 heterocycles. The van der Waals surface area contributed by atoms with Crippen molar-refractivity contribution in [1.82, 2.24) is 4.90 Å². The van der Waals surface area contributed by atoms with Crippen molar-refractivity contribution >= 4 is 0 Å². The summed E-state index contributed by atoms with van der Waals surface area (Å²) in [6, 6.07) is 0. The molecule has 2 heteroatoms. The van der Waals surface area contributed by atoms with Crippen molar-refractivity contribution in [2.24, 2.45) is 0 Å². The Morgan fingerprint density at radius 1 is 1.67 bits per heavy atom. The normalized spacial score (nSPS) is 24.7. The van der Waals surface area contributed by atoms with Gasteiger partial charge in [0.1, 0.15) is 0 Å². The first-order chi connectivity index (χ1) is 4.33. The van der Waals surface area contributed by atoms with E-state index < -0.39 is 0 Å². The molecule has 1 saturated heterocycles. The number of rotatable bonds is 1. The van der Waals surface area contributed by atoms with Gasteiger partial charge in [0, 0.05) is 20.2 Å². The Morgan fingerprint density at radius 2 is 2.44 bits per heavy atom. The highest BCUT2D eigenvalue weighted by molar-refractivity contribution is 4.77. The zero-order valence-electron chi connectivity index (χ0n) is 6.13. The van der Waals surface area contributed by atoms with Gasteiger partial charge in [0.2, 0.25) is 0 Å². The molecule has 0 spiro atoms. The van der Waals surface area contributed by atoms with E-state index in [1.807, 2.05) is 0 Å². The summed E-state index contributed by atoms with van der Waals surface area (Å²) in [6.45, 7) is 3.33. The molecular weight excluding hydrogens is 114 g/mol. The Kier molecular flexibility index (Phi) is 2.49. The van der Waals surface area contributed by atoms with E-state index in [0.29, 0.717) is 6.10 Å². The molecule has 0 aromatic heterocycles. The fourth-order valence-corrected chi connectivity index (χ4v) is 1.07. The Morgan fingerprint density at radius 3 is 2.89 bits per heavy atom. The molecule has 1 unspecified atom stereocenters. The summed E-state index contributed by atoms with van der Waals surface area (Å²) in [5.41, 5.74) is 0. The van der Waals surface area contributed by atoms with Gasteiger partial charge in [-0.05, 0) is 19.9 Å². The molecule has 0 bridgehead atoms. The third-order valence-corrected chi connectivity index (χ3v) is 1.82. The predicted octanol–water partition coefficient (Wildman–Crippen LogP) is 0.889. The molecule has 0 saturated carbocycles. The largest absolute Gasteiger partial charge is 0.381 e. The van der Waals surface area contributed by atoms with Gasteiger partial charge in [-0.15, -0.1) is 0 Å². The van der Waals surface area contributed by atoms with Crippen LogP contribution in [0.4, 0.5) is 0 Å². The van der Waals surface area contributed by atoms with E-state index in [1.54, 1.807) is 7.11 Å². The van der Waals surface area contributed by atoms with Crippen LogP contribution in [0, 0.1) is 6.54 Å². The van der Waals surface area contributed by atoms with E-state index in [0.717, 1.165) is 13.0 Å². The third-order valence-electron chi connectivity index (χ3n) is 1.82. The van der Waals surface area contributed by atoms with Crippen molar-refractivity contribution in [2.45, 2.75) is 18.9 Å². The lowest BCUT2D eigenvalue weighted by molar-refractivity contribution is 0.0636. The van der Waals surface area contributed by atoms with Gasteiger partial charge in [-0.2, -0.15) is 0 Å². The molecule has 0 aromatic rings.